The fourth-order valence-corrected chi connectivity index (χ4v) is 1.58. The molecule has 0 bridgehead atoms. The Kier molecular flexibility index (Phi) is 2.70. The topological polar surface area (TPSA) is 30.7 Å². The number of hydrogen-bond acceptors (Lipinski definition) is 2. The largest absolute Gasteiger partial charge is 0.218 e. The van der Waals surface area contributed by atoms with E-state index >= 15 is 0 Å². The quantitative estimate of drug-likeness (QED) is 0.739. The van der Waals surface area contributed by atoms with Crippen LogP contribution in [0, 0.1) is 0 Å². The van der Waals surface area contributed by atoms with Crippen molar-refractivity contribution in [2.75, 3.05) is 0 Å². The average Bonchev–Trinajstić information content (AvgIpc) is 2.66. The van der Waals surface area contributed by atoms with Crippen molar-refractivity contribution in [2.45, 2.75) is 5.88 Å². The van der Waals surface area contributed by atoms with Gasteiger partial charge in [0.1, 0.15) is 12.2 Å². The van der Waals surface area contributed by atoms with Crippen molar-refractivity contribution in [3.05, 3.63) is 41.4 Å². The molecular formula is C9H7Cl2N3. The predicted molar refractivity (Wildman–Crippen MR) is 55.9 cm³/mol. The highest BCUT2D eigenvalue weighted by Crippen LogP contribution is 2.20. The Morgan fingerprint density at radius 1 is 1.29 bits per heavy atom. The van der Waals surface area contributed by atoms with Crippen LogP contribution >= 0.6 is 23.2 Å². The van der Waals surface area contributed by atoms with Gasteiger partial charge in [0.25, 0.3) is 0 Å². The van der Waals surface area contributed by atoms with Gasteiger partial charge in [-0.1, -0.05) is 23.7 Å². The lowest BCUT2D eigenvalue weighted by Crippen LogP contribution is -2.01. The zero-order chi connectivity index (χ0) is 9.97. The molecule has 0 aliphatic heterocycles. The van der Waals surface area contributed by atoms with Gasteiger partial charge in [0.2, 0.25) is 0 Å². The normalized spacial score (nSPS) is 10.4. The van der Waals surface area contributed by atoms with Crippen LogP contribution in [0.5, 0.6) is 0 Å². The molecule has 0 unspecified atom stereocenters. The highest BCUT2D eigenvalue weighted by Gasteiger charge is 2.07. The molecule has 1 aromatic heterocycles. The van der Waals surface area contributed by atoms with Gasteiger partial charge in [0.15, 0.2) is 0 Å². The molecule has 0 atom stereocenters. The Labute approximate surface area is 91.3 Å². The number of benzene rings is 1. The Bertz CT molecular complexity index is 439. The molecule has 0 spiro atoms. The number of rotatable bonds is 2. The van der Waals surface area contributed by atoms with Crippen LogP contribution in [0.15, 0.2) is 30.6 Å². The summed E-state index contributed by atoms with van der Waals surface area (Å²) in [6.45, 7) is 0. The molecule has 0 fully saturated rings. The molecule has 0 aliphatic rings. The Hall–Kier alpha value is -1.06. The average molecular weight is 228 g/mol. The van der Waals surface area contributed by atoms with Crippen LogP contribution in [0.2, 0.25) is 5.02 Å². The maximum atomic E-state index is 6.01. The van der Waals surface area contributed by atoms with Gasteiger partial charge >= 0.3 is 0 Å². The SMILES string of the molecule is ClCc1ncnn1-c1ccccc1Cl. The number of para-hydroxylation sites is 1. The van der Waals surface area contributed by atoms with Crippen molar-refractivity contribution in [3.63, 3.8) is 0 Å². The van der Waals surface area contributed by atoms with Crippen LogP contribution in [0.1, 0.15) is 5.82 Å². The van der Waals surface area contributed by atoms with E-state index in [-0.39, 0.29) is 0 Å². The summed E-state index contributed by atoms with van der Waals surface area (Å²) in [7, 11) is 0. The van der Waals surface area contributed by atoms with Crippen LogP contribution < -0.4 is 0 Å². The molecule has 1 heterocycles. The lowest BCUT2D eigenvalue weighted by atomic mass is 10.3. The lowest BCUT2D eigenvalue weighted by molar-refractivity contribution is 0.832. The maximum absolute atomic E-state index is 6.01. The van der Waals surface area contributed by atoms with E-state index in [1.165, 1.54) is 6.33 Å². The van der Waals surface area contributed by atoms with Crippen molar-refractivity contribution in [1.82, 2.24) is 14.8 Å². The first kappa shape index (κ1) is 9.49. The summed E-state index contributed by atoms with van der Waals surface area (Å²) in [4.78, 5) is 4.01. The molecule has 0 N–H and O–H groups in total. The monoisotopic (exact) mass is 227 g/mol. The van der Waals surface area contributed by atoms with Gasteiger partial charge in [0, 0.05) is 0 Å². The first-order chi connectivity index (χ1) is 6.83. The summed E-state index contributed by atoms with van der Waals surface area (Å²) in [5.74, 6) is 0.991. The highest BCUT2D eigenvalue weighted by atomic mass is 35.5. The minimum absolute atomic E-state index is 0.311. The van der Waals surface area contributed by atoms with E-state index in [9.17, 15) is 0 Å². The molecule has 0 radical (unpaired) electrons. The zero-order valence-electron chi connectivity index (χ0n) is 7.19. The molecule has 14 heavy (non-hydrogen) atoms. The summed E-state index contributed by atoms with van der Waals surface area (Å²) >= 11 is 11.7. The standard InChI is InChI=1S/C9H7Cl2N3/c10-5-9-12-6-13-14(9)8-4-2-1-3-7(8)11/h1-4,6H,5H2. The lowest BCUT2D eigenvalue weighted by Gasteiger charge is -2.05. The van der Waals surface area contributed by atoms with Gasteiger partial charge in [-0.15, -0.1) is 11.6 Å². The summed E-state index contributed by atoms with van der Waals surface area (Å²) in [5, 5.41) is 4.68. The molecule has 2 rings (SSSR count). The van der Waals surface area contributed by atoms with Crippen molar-refractivity contribution >= 4 is 23.2 Å². The number of hydrogen-bond donors (Lipinski definition) is 0. The van der Waals surface area contributed by atoms with E-state index < -0.39 is 0 Å². The fraction of sp³-hybridized carbons (Fsp3) is 0.111. The molecule has 72 valence electrons. The zero-order valence-corrected chi connectivity index (χ0v) is 8.70. The third-order valence-electron chi connectivity index (χ3n) is 1.82. The van der Waals surface area contributed by atoms with Crippen LogP contribution in [0.25, 0.3) is 5.69 Å². The number of nitrogens with zero attached hydrogens (tertiary/aromatic N) is 3. The van der Waals surface area contributed by atoms with Crippen LogP contribution in [-0.4, -0.2) is 14.8 Å². The van der Waals surface area contributed by atoms with E-state index in [4.69, 9.17) is 23.2 Å². The van der Waals surface area contributed by atoms with Crippen molar-refractivity contribution in [1.29, 1.82) is 0 Å². The summed E-state index contributed by atoms with van der Waals surface area (Å²) in [5.41, 5.74) is 0.794. The molecule has 2 aromatic rings. The van der Waals surface area contributed by atoms with Crippen LogP contribution in [0.3, 0.4) is 0 Å². The minimum Gasteiger partial charge on any atom is -0.218 e. The van der Waals surface area contributed by atoms with Crippen molar-refractivity contribution < 1.29 is 0 Å². The number of halogens is 2. The second-order valence-electron chi connectivity index (χ2n) is 2.67. The first-order valence-electron chi connectivity index (χ1n) is 4.02. The number of aromatic nitrogens is 3. The Balaban J connectivity index is 2.54. The Morgan fingerprint density at radius 2 is 2.07 bits per heavy atom. The van der Waals surface area contributed by atoms with Gasteiger partial charge in [-0.2, -0.15) is 5.10 Å². The molecule has 0 saturated carbocycles. The van der Waals surface area contributed by atoms with Crippen LogP contribution in [-0.2, 0) is 5.88 Å². The molecule has 0 saturated heterocycles. The van der Waals surface area contributed by atoms with Crippen molar-refractivity contribution in [2.24, 2.45) is 0 Å². The molecule has 0 amide bonds. The molecule has 3 nitrogen and oxygen atoms in total. The third-order valence-corrected chi connectivity index (χ3v) is 2.38. The van der Waals surface area contributed by atoms with E-state index in [2.05, 4.69) is 10.1 Å². The molecule has 1 aromatic carbocycles. The van der Waals surface area contributed by atoms with E-state index in [1.807, 2.05) is 18.2 Å². The predicted octanol–water partition coefficient (Wildman–Crippen LogP) is 2.66. The van der Waals surface area contributed by atoms with Gasteiger partial charge in [-0.25, -0.2) is 9.67 Å². The Morgan fingerprint density at radius 3 is 2.79 bits per heavy atom. The fourth-order valence-electron chi connectivity index (χ4n) is 1.18. The maximum Gasteiger partial charge on any atom is 0.147 e. The summed E-state index contributed by atoms with van der Waals surface area (Å²) < 4.78 is 1.63. The van der Waals surface area contributed by atoms with E-state index in [1.54, 1.807) is 10.7 Å². The number of alkyl halides is 1. The molecular weight excluding hydrogens is 221 g/mol. The summed E-state index contributed by atoms with van der Waals surface area (Å²) in [6.07, 6.45) is 1.46. The highest BCUT2D eigenvalue weighted by molar-refractivity contribution is 6.32. The minimum atomic E-state index is 0.311. The van der Waals surface area contributed by atoms with Crippen LogP contribution in [0.4, 0.5) is 0 Å². The second-order valence-corrected chi connectivity index (χ2v) is 3.35. The molecule has 0 aliphatic carbocycles. The smallest absolute Gasteiger partial charge is 0.147 e. The van der Waals surface area contributed by atoms with Gasteiger partial charge in [-0.05, 0) is 12.1 Å². The molecule has 5 heteroatoms. The van der Waals surface area contributed by atoms with Gasteiger partial charge < -0.3 is 0 Å². The second kappa shape index (κ2) is 3.98. The summed E-state index contributed by atoms with van der Waals surface area (Å²) in [6, 6.07) is 7.42. The van der Waals surface area contributed by atoms with Gasteiger partial charge in [0.05, 0.1) is 16.6 Å². The third kappa shape index (κ3) is 1.61. The van der Waals surface area contributed by atoms with Gasteiger partial charge in [-0.3, -0.25) is 0 Å². The first-order valence-corrected chi connectivity index (χ1v) is 4.94. The van der Waals surface area contributed by atoms with E-state index in [0.717, 1.165) is 5.69 Å². The van der Waals surface area contributed by atoms with Crippen molar-refractivity contribution in [3.8, 4) is 5.69 Å². The van der Waals surface area contributed by atoms with E-state index in [0.29, 0.717) is 16.7 Å².